The summed E-state index contributed by atoms with van der Waals surface area (Å²) in [5.74, 6) is 1.38. The minimum atomic E-state index is -0.222. The van der Waals surface area contributed by atoms with Gasteiger partial charge in [0.05, 0.1) is 30.3 Å². The van der Waals surface area contributed by atoms with E-state index in [-0.39, 0.29) is 11.9 Å². The summed E-state index contributed by atoms with van der Waals surface area (Å²) in [7, 11) is 0. The van der Waals surface area contributed by atoms with Gasteiger partial charge in [-0.2, -0.15) is 0 Å². The molecule has 0 spiro atoms. The number of amides is 1. The number of carbonyl (C=O) groups excluding carboxylic acids is 1. The van der Waals surface area contributed by atoms with Gasteiger partial charge in [-0.25, -0.2) is 15.0 Å². The number of benzene rings is 2. The maximum absolute atomic E-state index is 12.1. The van der Waals surface area contributed by atoms with Crippen LogP contribution in [-0.4, -0.2) is 38.6 Å². The van der Waals surface area contributed by atoms with E-state index < -0.39 is 0 Å². The van der Waals surface area contributed by atoms with Crippen molar-refractivity contribution in [2.75, 3.05) is 24.3 Å². The largest absolute Gasteiger partial charge is 0.439 e. The molecule has 5 aromatic rings. The van der Waals surface area contributed by atoms with Crippen LogP contribution in [-0.2, 0) is 9.53 Å². The van der Waals surface area contributed by atoms with Crippen molar-refractivity contribution in [2.24, 2.45) is 0 Å². The van der Waals surface area contributed by atoms with E-state index in [2.05, 4.69) is 31.4 Å². The van der Waals surface area contributed by atoms with Crippen molar-refractivity contribution >= 4 is 28.4 Å². The summed E-state index contributed by atoms with van der Waals surface area (Å²) in [6.07, 6.45) is 1.49. The van der Waals surface area contributed by atoms with Crippen LogP contribution in [0.4, 0.5) is 11.5 Å². The van der Waals surface area contributed by atoms with Gasteiger partial charge in [-0.15, -0.1) is 0 Å². The lowest BCUT2D eigenvalue weighted by atomic mass is 9.98. The van der Waals surface area contributed by atoms with Crippen molar-refractivity contribution in [1.82, 2.24) is 19.5 Å². The van der Waals surface area contributed by atoms with Crippen LogP contribution in [0.1, 0.15) is 18.7 Å². The van der Waals surface area contributed by atoms with Crippen molar-refractivity contribution in [3.8, 4) is 34.0 Å². The normalized spacial score (nSPS) is 13.2. The summed E-state index contributed by atoms with van der Waals surface area (Å²) >= 11 is 0. The number of nitrogens with one attached hydrogen (secondary N) is 1. The van der Waals surface area contributed by atoms with Crippen LogP contribution < -0.4 is 15.8 Å². The second-order valence-corrected chi connectivity index (χ2v) is 9.80. The van der Waals surface area contributed by atoms with Crippen LogP contribution in [0.25, 0.3) is 33.4 Å². The summed E-state index contributed by atoms with van der Waals surface area (Å²) in [6, 6.07) is 21.3. The van der Waals surface area contributed by atoms with Crippen molar-refractivity contribution in [1.29, 1.82) is 0 Å². The highest BCUT2D eigenvalue weighted by Crippen LogP contribution is 2.45. The fourth-order valence-electron chi connectivity index (χ4n) is 4.78. The Morgan fingerprint density at radius 2 is 1.77 bits per heavy atom. The summed E-state index contributed by atoms with van der Waals surface area (Å²) in [5.41, 5.74) is 13.0. The summed E-state index contributed by atoms with van der Waals surface area (Å²) in [4.78, 5) is 25.5. The van der Waals surface area contributed by atoms with Gasteiger partial charge in [0.15, 0.2) is 0 Å². The van der Waals surface area contributed by atoms with Crippen LogP contribution >= 0.6 is 0 Å². The van der Waals surface area contributed by atoms with Crippen LogP contribution in [0.2, 0.25) is 0 Å². The lowest BCUT2D eigenvalue weighted by Gasteiger charge is -2.30. The number of aromatic nitrogens is 4. The minimum absolute atomic E-state index is 0.0957. The Balaban J connectivity index is 1.47. The molecule has 40 heavy (non-hydrogen) atoms. The standard InChI is InChI=1S/C31H28N6O3/c1-18(2)31(38)36-22-11-7-21(8-12-22)28-26(27-29(32)33-17-34-30(27)37(28)23-15-39-16-23)20-9-13-24(14-10-20)40-25-6-4-5-19(3)35-25/h4-14,17,23H,1,15-16H2,2-3H3,(H,36,38)(H2,32,33,34). The predicted molar refractivity (Wildman–Crippen MR) is 155 cm³/mol. The SMILES string of the molecule is C=C(C)C(=O)Nc1ccc(-c2c(-c3ccc(Oc4cccc(C)n4)cc3)c3c(N)ncnc3n2C2COC2)cc1. The fraction of sp³-hybridized carbons (Fsp3) is 0.161. The molecule has 4 heterocycles. The molecule has 1 fully saturated rings. The first-order valence-electron chi connectivity index (χ1n) is 12.9. The van der Waals surface area contributed by atoms with Crippen molar-refractivity contribution in [2.45, 2.75) is 19.9 Å². The number of anilines is 2. The first-order valence-corrected chi connectivity index (χ1v) is 12.9. The first kappa shape index (κ1) is 25.3. The molecule has 0 atom stereocenters. The molecule has 1 saturated heterocycles. The van der Waals surface area contributed by atoms with Crippen LogP contribution in [0.3, 0.4) is 0 Å². The Bertz CT molecular complexity index is 1740. The Labute approximate surface area is 231 Å². The number of aryl methyl sites for hydroxylation is 1. The molecule has 0 unspecified atom stereocenters. The topological polar surface area (TPSA) is 117 Å². The molecule has 0 aliphatic carbocycles. The number of nitrogen functional groups attached to an aromatic ring is 1. The number of hydrogen-bond donors (Lipinski definition) is 2. The molecular formula is C31H28N6O3. The molecule has 9 heteroatoms. The number of ether oxygens (including phenoxy) is 2. The van der Waals surface area contributed by atoms with Gasteiger partial charge in [0.1, 0.15) is 23.5 Å². The zero-order valence-corrected chi connectivity index (χ0v) is 22.2. The predicted octanol–water partition coefficient (Wildman–Crippen LogP) is 5.93. The minimum Gasteiger partial charge on any atom is -0.439 e. The van der Waals surface area contributed by atoms with Crippen molar-refractivity contribution < 1.29 is 14.3 Å². The van der Waals surface area contributed by atoms with E-state index in [0.29, 0.717) is 41.9 Å². The molecule has 1 aliphatic rings. The van der Waals surface area contributed by atoms with Gasteiger partial charge in [-0.05, 0) is 55.3 Å². The number of nitrogens with zero attached hydrogens (tertiary/aromatic N) is 4. The number of nitrogens with two attached hydrogens (primary N) is 1. The monoisotopic (exact) mass is 532 g/mol. The van der Waals surface area contributed by atoms with E-state index in [9.17, 15) is 4.79 Å². The second kappa shape index (κ2) is 10.3. The van der Waals surface area contributed by atoms with E-state index in [1.165, 1.54) is 6.33 Å². The molecule has 9 nitrogen and oxygen atoms in total. The van der Waals surface area contributed by atoms with Crippen molar-refractivity contribution in [3.63, 3.8) is 0 Å². The average molecular weight is 533 g/mol. The molecule has 3 N–H and O–H groups in total. The van der Waals surface area contributed by atoms with Gasteiger partial charge in [0.2, 0.25) is 5.88 Å². The third-order valence-electron chi connectivity index (χ3n) is 6.83. The Hall–Kier alpha value is -5.02. The van der Waals surface area contributed by atoms with Gasteiger partial charge in [-0.1, -0.05) is 36.9 Å². The van der Waals surface area contributed by atoms with E-state index in [0.717, 1.165) is 39.1 Å². The molecule has 1 amide bonds. The number of rotatable bonds is 7. The van der Waals surface area contributed by atoms with Gasteiger partial charge < -0.3 is 25.1 Å². The summed E-state index contributed by atoms with van der Waals surface area (Å²) in [6.45, 7) is 8.45. The maximum atomic E-state index is 12.1. The highest BCUT2D eigenvalue weighted by molar-refractivity contribution is 6.08. The van der Waals surface area contributed by atoms with Gasteiger partial charge in [-0.3, -0.25) is 4.79 Å². The summed E-state index contributed by atoms with van der Waals surface area (Å²) < 4.78 is 13.7. The Morgan fingerprint density at radius 3 is 2.42 bits per heavy atom. The molecule has 6 rings (SSSR count). The summed E-state index contributed by atoms with van der Waals surface area (Å²) in [5, 5.41) is 3.64. The molecule has 3 aromatic heterocycles. The molecule has 0 bridgehead atoms. The number of pyridine rings is 1. The Kier molecular flexibility index (Phi) is 6.49. The Morgan fingerprint density at radius 1 is 1.05 bits per heavy atom. The van der Waals surface area contributed by atoms with Crippen LogP contribution in [0.5, 0.6) is 11.6 Å². The third kappa shape index (κ3) is 4.67. The number of carbonyl (C=O) groups is 1. The van der Waals surface area contributed by atoms with E-state index in [1.807, 2.05) is 73.7 Å². The van der Waals surface area contributed by atoms with Crippen LogP contribution in [0, 0.1) is 6.92 Å². The van der Waals surface area contributed by atoms with Crippen LogP contribution in [0.15, 0.2) is 85.2 Å². The smallest absolute Gasteiger partial charge is 0.250 e. The molecule has 2 aromatic carbocycles. The molecule has 0 saturated carbocycles. The molecule has 200 valence electrons. The first-order chi connectivity index (χ1) is 19.4. The zero-order valence-electron chi connectivity index (χ0n) is 22.2. The van der Waals surface area contributed by atoms with Gasteiger partial charge in [0, 0.05) is 28.6 Å². The highest BCUT2D eigenvalue weighted by atomic mass is 16.5. The highest BCUT2D eigenvalue weighted by Gasteiger charge is 2.31. The van der Waals surface area contributed by atoms with Gasteiger partial charge in [0.25, 0.3) is 5.91 Å². The second-order valence-electron chi connectivity index (χ2n) is 9.80. The molecule has 1 aliphatic heterocycles. The maximum Gasteiger partial charge on any atom is 0.250 e. The van der Waals surface area contributed by atoms with E-state index >= 15 is 0 Å². The molecular weight excluding hydrogens is 504 g/mol. The van der Waals surface area contributed by atoms with E-state index in [1.54, 1.807) is 6.92 Å². The van der Waals surface area contributed by atoms with Gasteiger partial charge >= 0.3 is 0 Å². The average Bonchev–Trinajstić information content (AvgIpc) is 3.24. The van der Waals surface area contributed by atoms with E-state index in [4.69, 9.17) is 15.2 Å². The third-order valence-corrected chi connectivity index (χ3v) is 6.83. The zero-order chi connectivity index (χ0) is 27.8. The van der Waals surface area contributed by atoms with Crippen molar-refractivity contribution in [3.05, 3.63) is 90.9 Å². The fourth-order valence-corrected chi connectivity index (χ4v) is 4.78. The molecule has 0 radical (unpaired) electrons. The number of hydrogen-bond acceptors (Lipinski definition) is 7. The lowest BCUT2D eigenvalue weighted by Crippen LogP contribution is -2.31. The quantitative estimate of drug-likeness (QED) is 0.250. The lowest BCUT2D eigenvalue weighted by molar-refractivity contribution is -0.112. The number of fused-ring (bicyclic) bond motifs is 1.